The Labute approximate surface area is 98.1 Å². The molecule has 0 spiro atoms. The number of aryl methyl sites for hydroxylation is 1. The zero-order valence-electron chi connectivity index (χ0n) is 9.19. The van der Waals surface area contributed by atoms with Crippen molar-refractivity contribution in [1.29, 1.82) is 0 Å². The quantitative estimate of drug-likeness (QED) is 0.806. The number of anilines is 1. The smallest absolute Gasteiger partial charge is 0.308 e. The van der Waals surface area contributed by atoms with Crippen LogP contribution in [0.4, 0.5) is 5.13 Å². The second-order valence-electron chi connectivity index (χ2n) is 3.81. The lowest BCUT2D eigenvalue weighted by Crippen LogP contribution is -2.43. The summed E-state index contributed by atoms with van der Waals surface area (Å²) < 4.78 is 0. The van der Waals surface area contributed by atoms with Crippen molar-refractivity contribution in [3.63, 3.8) is 0 Å². The molecule has 0 saturated carbocycles. The molecule has 1 fully saturated rings. The minimum absolute atomic E-state index is 0.0790. The van der Waals surface area contributed by atoms with E-state index in [1.165, 1.54) is 11.3 Å². The van der Waals surface area contributed by atoms with Crippen LogP contribution in [0.25, 0.3) is 0 Å². The number of hydrogen-bond acceptors (Lipinski definition) is 5. The summed E-state index contributed by atoms with van der Waals surface area (Å²) in [6.07, 6.45) is 0.0790. The highest BCUT2D eigenvalue weighted by Crippen LogP contribution is 2.26. The lowest BCUT2D eigenvalue weighted by Gasteiger charge is -2.26. The van der Waals surface area contributed by atoms with E-state index in [0.717, 1.165) is 41.9 Å². The van der Waals surface area contributed by atoms with Gasteiger partial charge in [-0.05, 0) is 6.92 Å². The van der Waals surface area contributed by atoms with Crippen LogP contribution in [0.2, 0.25) is 0 Å². The van der Waals surface area contributed by atoms with Crippen LogP contribution in [0.3, 0.4) is 0 Å². The van der Waals surface area contributed by atoms with E-state index in [2.05, 4.69) is 15.2 Å². The molecule has 1 aliphatic heterocycles. The predicted molar refractivity (Wildman–Crippen MR) is 63.3 cm³/mol. The van der Waals surface area contributed by atoms with Gasteiger partial charge in [-0.15, -0.1) is 11.3 Å². The normalized spacial score (nSPS) is 16.4. The lowest BCUT2D eigenvalue weighted by molar-refractivity contribution is -0.136. The number of aromatic nitrogens is 1. The van der Waals surface area contributed by atoms with Crippen LogP contribution in [0.15, 0.2) is 0 Å². The fraction of sp³-hybridized carbons (Fsp3) is 0.600. The summed E-state index contributed by atoms with van der Waals surface area (Å²) in [5.41, 5.74) is 0.848. The Morgan fingerprint density at radius 1 is 1.56 bits per heavy atom. The zero-order chi connectivity index (χ0) is 11.5. The predicted octanol–water partition coefficient (Wildman–Crippen LogP) is 0.488. The molecule has 1 aromatic rings. The van der Waals surface area contributed by atoms with E-state index in [-0.39, 0.29) is 6.42 Å². The molecule has 2 rings (SSSR count). The van der Waals surface area contributed by atoms with Gasteiger partial charge in [-0.25, -0.2) is 4.98 Å². The van der Waals surface area contributed by atoms with Crippen molar-refractivity contribution in [3.05, 3.63) is 10.6 Å². The van der Waals surface area contributed by atoms with Gasteiger partial charge >= 0.3 is 5.97 Å². The number of carboxylic acids is 1. The number of piperazine rings is 1. The molecule has 1 saturated heterocycles. The maximum absolute atomic E-state index is 10.7. The molecule has 0 aliphatic carbocycles. The molecule has 0 bridgehead atoms. The summed E-state index contributed by atoms with van der Waals surface area (Å²) in [4.78, 5) is 18.2. The van der Waals surface area contributed by atoms with Crippen LogP contribution in [0.5, 0.6) is 0 Å². The van der Waals surface area contributed by atoms with Gasteiger partial charge in [-0.3, -0.25) is 4.79 Å². The molecule has 0 radical (unpaired) electrons. The van der Waals surface area contributed by atoms with E-state index in [1.54, 1.807) is 0 Å². The van der Waals surface area contributed by atoms with E-state index >= 15 is 0 Å². The van der Waals surface area contributed by atoms with E-state index in [9.17, 15) is 4.79 Å². The summed E-state index contributed by atoms with van der Waals surface area (Å²) in [6.45, 7) is 5.69. The third kappa shape index (κ3) is 2.51. The summed E-state index contributed by atoms with van der Waals surface area (Å²) in [7, 11) is 0. The Hall–Kier alpha value is -1.14. The average molecular weight is 241 g/mol. The number of thiazole rings is 1. The molecule has 0 unspecified atom stereocenters. The van der Waals surface area contributed by atoms with Crippen LogP contribution in [0.1, 0.15) is 10.6 Å². The highest BCUT2D eigenvalue weighted by atomic mass is 32.1. The molecule has 6 heteroatoms. The van der Waals surface area contributed by atoms with Crippen molar-refractivity contribution in [3.8, 4) is 0 Å². The van der Waals surface area contributed by atoms with Gasteiger partial charge in [0, 0.05) is 31.1 Å². The first kappa shape index (κ1) is 11.3. The summed E-state index contributed by atoms with van der Waals surface area (Å²) >= 11 is 1.50. The number of carbonyl (C=O) groups is 1. The van der Waals surface area contributed by atoms with Crippen molar-refractivity contribution in [2.45, 2.75) is 13.3 Å². The van der Waals surface area contributed by atoms with Crippen LogP contribution in [-0.2, 0) is 11.2 Å². The van der Waals surface area contributed by atoms with Gasteiger partial charge in [0.15, 0.2) is 5.13 Å². The van der Waals surface area contributed by atoms with Gasteiger partial charge in [0.25, 0.3) is 0 Å². The number of hydrogen-bond donors (Lipinski definition) is 2. The molecule has 2 N–H and O–H groups in total. The van der Waals surface area contributed by atoms with Gasteiger partial charge in [0.05, 0.1) is 12.1 Å². The van der Waals surface area contributed by atoms with Crippen molar-refractivity contribution in [2.75, 3.05) is 31.1 Å². The highest BCUT2D eigenvalue weighted by molar-refractivity contribution is 7.15. The Morgan fingerprint density at radius 2 is 2.25 bits per heavy atom. The number of carboxylic acid groups (broad SMARTS) is 1. The first-order chi connectivity index (χ1) is 7.66. The maximum atomic E-state index is 10.7. The van der Waals surface area contributed by atoms with Gasteiger partial charge in [0.2, 0.25) is 0 Å². The summed E-state index contributed by atoms with van der Waals surface area (Å²) in [5, 5.41) is 13.0. The Bertz CT molecular complexity index is 385. The minimum atomic E-state index is -0.793. The fourth-order valence-corrected chi connectivity index (χ4v) is 2.81. The number of rotatable bonds is 3. The number of nitrogens with zero attached hydrogens (tertiary/aromatic N) is 2. The second-order valence-corrected chi connectivity index (χ2v) is 4.87. The zero-order valence-corrected chi connectivity index (χ0v) is 10.0. The van der Waals surface area contributed by atoms with Crippen LogP contribution in [0, 0.1) is 6.92 Å². The molecule has 0 amide bonds. The largest absolute Gasteiger partial charge is 0.481 e. The molecule has 16 heavy (non-hydrogen) atoms. The van der Waals surface area contributed by atoms with Gasteiger partial charge in [-0.2, -0.15) is 0 Å². The Morgan fingerprint density at radius 3 is 2.88 bits per heavy atom. The van der Waals surface area contributed by atoms with Crippen molar-refractivity contribution >= 4 is 22.4 Å². The molecule has 1 aromatic heterocycles. The van der Waals surface area contributed by atoms with E-state index in [4.69, 9.17) is 5.11 Å². The molecule has 88 valence electrons. The van der Waals surface area contributed by atoms with Gasteiger partial charge in [0.1, 0.15) is 0 Å². The Kier molecular flexibility index (Phi) is 3.40. The van der Waals surface area contributed by atoms with E-state index < -0.39 is 5.97 Å². The SMILES string of the molecule is Cc1nc(N2CCNCC2)sc1CC(=O)O. The molecule has 2 heterocycles. The topological polar surface area (TPSA) is 65.5 Å². The minimum Gasteiger partial charge on any atom is -0.481 e. The van der Waals surface area contributed by atoms with Crippen LogP contribution in [-0.4, -0.2) is 42.2 Å². The van der Waals surface area contributed by atoms with Crippen LogP contribution >= 0.6 is 11.3 Å². The van der Waals surface area contributed by atoms with Crippen molar-refractivity contribution in [1.82, 2.24) is 10.3 Å². The standard InChI is InChI=1S/C10H15N3O2S/c1-7-8(6-9(14)15)16-10(12-7)13-4-2-11-3-5-13/h11H,2-6H2,1H3,(H,14,15). The lowest BCUT2D eigenvalue weighted by atomic mass is 10.3. The van der Waals surface area contributed by atoms with Gasteiger partial charge < -0.3 is 15.3 Å². The van der Waals surface area contributed by atoms with Crippen molar-refractivity contribution in [2.24, 2.45) is 0 Å². The third-order valence-electron chi connectivity index (χ3n) is 2.58. The van der Waals surface area contributed by atoms with E-state index in [0.29, 0.717) is 0 Å². The fourth-order valence-electron chi connectivity index (χ4n) is 1.71. The highest BCUT2D eigenvalue weighted by Gasteiger charge is 2.17. The second kappa shape index (κ2) is 4.80. The Balaban J connectivity index is 2.12. The van der Waals surface area contributed by atoms with Gasteiger partial charge in [-0.1, -0.05) is 0 Å². The maximum Gasteiger partial charge on any atom is 0.308 e. The first-order valence-corrected chi connectivity index (χ1v) is 6.12. The van der Waals surface area contributed by atoms with E-state index in [1.807, 2.05) is 6.92 Å². The molecule has 5 nitrogen and oxygen atoms in total. The molecule has 0 aromatic carbocycles. The number of nitrogens with one attached hydrogen (secondary N) is 1. The average Bonchev–Trinajstić information content (AvgIpc) is 2.61. The summed E-state index contributed by atoms with van der Waals surface area (Å²) in [5.74, 6) is -0.793. The first-order valence-electron chi connectivity index (χ1n) is 5.30. The van der Waals surface area contributed by atoms with Crippen molar-refractivity contribution < 1.29 is 9.90 Å². The number of aliphatic carboxylic acids is 1. The third-order valence-corrected chi connectivity index (χ3v) is 3.80. The molecule has 1 aliphatic rings. The molecular formula is C10H15N3O2S. The molecule has 0 atom stereocenters. The monoisotopic (exact) mass is 241 g/mol. The summed E-state index contributed by atoms with van der Waals surface area (Å²) in [6, 6.07) is 0. The molecular weight excluding hydrogens is 226 g/mol. The van der Waals surface area contributed by atoms with Crippen LogP contribution < -0.4 is 10.2 Å².